The van der Waals surface area contributed by atoms with E-state index in [1.54, 1.807) is 13.8 Å². The predicted molar refractivity (Wildman–Crippen MR) is 131 cm³/mol. The van der Waals surface area contributed by atoms with Gasteiger partial charge in [-0.05, 0) is 100 Å². The number of esters is 2. The van der Waals surface area contributed by atoms with Crippen LogP contribution in [0.3, 0.4) is 0 Å². The monoisotopic (exact) mass is 510 g/mol. The lowest BCUT2D eigenvalue weighted by molar-refractivity contribution is -0.158. The lowest BCUT2D eigenvalue weighted by Crippen LogP contribution is -2.30. The third kappa shape index (κ3) is 8.93. The molecule has 0 heterocycles. The molecule has 0 N–H and O–H groups in total. The van der Waals surface area contributed by atoms with Crippen LogP contribution in [0.25, 0.3) is 0 Å². The highest BCUT2D eigenvalue weighted by molar-refractivity contribution is 5.74. The SMILES string of the molecule is CC[C@H](F)C(=O)OC1CCC(COc2ccc(OCC3CCC(OC(=O)[C@@H](F)CC)CC3)cc2)CC1. The van der Waals surface area contributed by atoms with Crippen LogP contribution in [0.5, 0.6) is 11.5 Å². The van der Waals surface area contributed by atoms with Gasteiger partial charge in [-0.3, -0.25) is 0 Å². The minimum atomic E-state index is -1.53. The van der Waals surface area contributed by atoms with Crippen molar-refractivity contribution in [2.24, 2.45) is 11.8 Å². The molecule has 8 heteroatoms. The first-order valence-corrected chi connectivity index (χ1v) is 13.4. The van der Waals surface area contributed by atoms with Gasteiger partial charge in [-0.1, -0.05) is 13.8 Å². The second-order valence-electron chi connectivity index (χ2n) is 10.0. The molecule has 2 aliphatic rings. The molecule has 0 radical (unpaired) electrons. The normalized spacial score (nSPS) is 25.9. The topological polar surface area (TPSA) is 71.1 Å². The third-order valence-electron chi connectivity index (χ3n) is 7.18. The van der Waals surface area contributed by atoms with E-state index in [2.05, 4.69) is 0 Å². The largest absolute Gasteiger partial charge is 0.493 e. The molecular formula is C28H40F2O6. The summed E-state index contributed by atoms with van der Waals surface area (Å²) in [6, 6.07) is 7.58. The summed E-state index contributed by atoms with van der Waals surface area (Å²) in [6.45, 7) is 4.45. The van der Waals surface area contributed by atoms with Crippen molar-refractivity contribution >= 4 is 11.9 Å². The highest BCUT2D eigenvalue weighted by Gasteiger charge is 2.28. The van der Waals surface area contributed by atoms with Crippen molar-refractivity contribution in [3.63, 3.8) is 0 Å². The lowest BCUT2D eigenvalue weighted by atomic mass is 9.88. The fraction of sp³-hybridized carbons (Fsp3) is 0.714. The Labute approximate surface area is 213 Å². The summed E-state index contributed by atoms with van der Waals surface area (Å²) in [7, 11) is 0. The van der Waals surface area contributed by atoms with Crippen molar-refractivity contribution in [1.29, 1.82) is 0 Å². The van der Waals surface area contributed by atoms with Crippen molar-refractivity contribution in [3.8, 4) is 11.5 Å². The molecule has 1 aromatic carbocycles. The molecule has 3 rings (SSSR count). The van der Waals surface area contributed by atoms with Crippen molar-refractivity contribution in [3.05, 3.63) is 24.3 Å². The molecule has 0 amide bonds. The molecule has 36 heavy (non-hydrogen) atoms. The zero-order valence-electron chi connectivity index (χ0n) is 21.5. The molecule has 1 aromatic rings. The van der Waals surface area contributed by atoms with Crippen molar-refractivity contribution in [1.82, 2.24) is 0 Å². The number of carbonyl (C=O) groups is 2. The van der Waals surface area contributed by atoms with Crippen LogP contribution in [0.4, 0.5) is 8.78 Å². The molecule has 2 atom stereocenters. The maximum atomic E-state index is 13.4. The van der Waals surface area contributed by atoms with Gasteiger partial charge in [0, 0.05) is 0 Å². The van der Waals surface area contributed by atoms with Gasteiger partial charge in [-0.15, -0.1) is 0 Å². The van der Waals surface area contributed by atoms with E-state index in [1.807, 2.05) is 24.3 Å². The summed E-state index contributed by atoms with van der Waals surface area (Å²) in [5.74, 6) is 0.845. The van der Waals surface area contributed by atoms with E-state index in [4.69, 9.17) is 18.9 Å². The first-order valence-electron chi connectivity index (χ1n) is 13.4. The number of halogens is 2. The molecular weight excluding hydrogens is 470 g/mol. The van der Waals surface area contributed by atoms with Crippen LogP contribution in [0.1, 0.15) is 78.1 Å². The van der Waals surface area contributed by atoms with Crippen LogP contribution >= 0.6 is 0 Å². The van der Waals surface area contributed by atoms with Crippen LogP contribution < -0.4 is 9.47 Å². The number of rotatable bonds is 12. The Morgan fingerprint density at radius 3 is 1.33 bits per heavy atom. The first-order chi connectivity index (χ1) is 17.4. The molecule has 0 aromatic heterocycles. The summed E-state index contributed by atoms with van der Waals surface area (Å²) in [6.07, 6.45) is 3.35. The van der Waals surface area contributed by atoms with E-state index in [0.717, 1.165) is 62.9 Å². The second-order valence-corrected chi connectivity index (χ2v) is 10.0. The number of alkyl halides is 2. The van der Waals surface area contributed by atoms with Gasteiger partial charge in [0.2, 0.25) is 0 Å². The molecule has 0 unspecified atom stereocenters. The number of ether oxygens (including phenoxy) is 4. The number of hydrogen-bond donors (Lipinski definition) is 0. The minimum Gasteiger partial charge on any atom is -0.493 e. The van der Waals surface area contributed by atoms with Gasteiger partial charge < -0.3 is 18.9 Å². The molecule has 6 nitrogen and oxygen atoms in total. The van der Waals surface area contributed by atoms with E-state index in [1.165, 1.54) is 0 Å². The standard InChI is InChI=1S/C28H40F2O6/c1-3-25(29)27(31)35-23-9-5-19(6-10-23)17-33-21-13-15-22(16-14-21)34-18-20-7-11-24(12-8-20)36-28(32)26(30)4-2/h13-16,19-20,23-26H,3-12,17-18H2,1-2H3/t19?,20?,23?,24?,25-,26-/m0/s1. The number of carbonyl (C=O) groups excluding carboxylic acids is 2. The van der Waals surface area contributed by atoms with Crippen molar-refractivity contribution < 1.29 is 37.3 Å². The Kier molecular flexibility index (Phi) is 11.3. The van der Waals surface area contributed by atoms with Crippen LogP contribution in [0, 0.1) is 11.8 Å². The van der Waals surface area contributed by atoms with Crippen LogP contribution in [0.15, 0.2) is 24.3 Å². The summed E-state index contributed by atoms with van der Waals surface area (Å²) in [4.78, 5) is 23.2. The highest BCUT2D eigenvalue weighted by atomic mass is 19.1. The van der Waals surface area contributed by atoms with E-state index in [-0.39, 0.29) is 25.0 Å². The maximum absolute atomic E-state index is 13.4. The summed E-state index contributed by atoms with van der Waals surface area (Å²) < 4.78 is 49.2. The highest BCUT2D eigenvalue weighted by Crippen LogP contribution is 2.30. The zero-order chi connectivity index (χ0) is 25.9. The van der Waals surface area contributed by atoms with E-state index in [0.29, 0.717) is 25.0 Å². The third-order valence-corrected chi connectivity index (χ3v) is 7.18. The summed E-state index contributed by atoms with van der Waals surface area (Å²) in [5.41, 5.74) is 0. The first kappa shape index (κ1) is 28.2. The van der Waals surface area contributed by atoms with E-state index < -0.39 is 24.3 Å². The Hall–Kier alpha value is -2.38. The zero-order valence-corrected chi connectivity index (χ0v) is 21.5. The quantitative estimate of drug-likeness (QED) is 0.314. The van der Waals surface area contributed by atoms with Gasteiger partial charge >= 0.3 is 11.9 Å². The van der Waals surface area contributed by atoms with Crippen molar-refractivity contribution in [2.45, 2.75) is 103 Å². The Bertz CT molecular complexity index is 734. The number of hydrogen-bond acceptors (Lipinski definition) is 6. The average molecular weight is 511 g/mol. The maximum Gasteiger partial charge on any atom is 0.340 e. The Morgan fingerprint density at radius 1 is 0.694 bits per heavy atom. The van der Waals surface area contributed by atoms with E-state index >= 15 is 0 Å². The molecule has 0 saturated heterocycles. The summed E-state index contributed by atoms with van der Waals surface area (Å²) in [5, 5.41) is 0. The summed E-state index contributed by atoms with van der Waals surface area (Å²) >= 11 is 0. The van der Waals surface area contributed by atoms with Gasteiger partial charge in [0.05, 0.1) is 13.2 Å². The predicted octanol–water partition coefficient (Wildman–Crippen LogP) is 6.14. The smallest absolute Gasteiger partial charge is 0.340 e. The van der Waals surface area contributed by atoms with Gasteiger partial charge in [-0.2, -0.15) is 0 Å². The van der Waals surface area contributed by atoms with E-state index in [9.17, 15) is 18.4 Å². The van der Waals surface area contributed by atoms with Gasteiger partial charge in [0.1, 0.15) is 23.7 Å². The van der Waals surface area contributed by atoms with Gasteiger partial charge in [0.15, 0.2) is 12.3 Å². The molecule has 2 saturated carbocycles. The lowest BCUT2D eigenvalue weighted by Gasteiger charge is -2.28. The van der Waals surface area contributed by atoms with Crippen molar-refractivity contribution in [2.75, 3.05) is 13.2 Å². The van der Waals surface area contributed by atoms with Crippen LogP contribution in [-0.4, -0.2) is 49.7 Å². The fourth-order valence-corrected chi connectivity index (χ4v) is 4.70. The van der Waals surface area contributed by atoms with Gasteiger partial charge in [-0.25, -0.2) is 18.4 Å². The molecule has 0 bridgehead atoms. The number of benzene rings is 1. The van der Waals surface area contributed by atoms with Crippen LogP contribution in [-0.2, 0) is 19.1 Å². The molecule has 2 aliphatic carbocycles. The minimum absolute atomic E-state index is 0.146. The molecule has 202 valence electrons. The average Bonchev–Trinajstić information content (AvgIpc) is 2.91. The molecule has 0 aliphatic heterocycles. The van der Waals surface area contributed by atoms with Gasteiger partial charge in [0.25, 0.3) is 0 Å². The molecule has 0 spiro atoms. The van der Waals surface area contributed by atoms with Crippen LogP contribution in [0.2, 0.25) is 0 Å². The molecule has 2 fully saturated rings. The fourth-order valence-electron chi connectivity index (χ4n) is 4.70. The Morgan fingerprint density at radius 2 is 1.03 bits per heavy atom. The Balaban J connectivity index is 1.29. The second kappa shape index (κ2) is 14.4.